The van der Waals surface area contributed by atoms with Gasteiger partial charge in [0.15, 0.2) is 0 Å². The molecular weight excluding hydrogens is 264 g/mol. The minimum Gasteiger partial charge on any atom is -0.301 e. The van der Waals surface area contributed by atoms with Crippen molar-refractivity contribution in [2.24, 2.45) is 4.99 Å². The average molecular weight is 288 g/mol. The van der Waals surface area contributed by atoms with Gasteiger partial charge in [0.1, 0.15) is 0 Å². The van der Waals surface area contributed by atoms with Crippen LogP contribution in [0.1, 0.15) is 25.7 Å². The molecule has 21 heavy (non-hydrogen) atoms. The van der Waals surface area contributed by atoms with Crippen molar-refractivity contribution in [1.82, 2.24) is 9.80 Å². The quantitative estimate of drug-likeness (QED) is 0.507. The van der Waals surface area contributed by atoms with Gasteiger partial charge in [-0.2, -0.15) is 15.8 Å². The first-order valence-electron chi connectivity index (χ1n) is 7.24. The summed E-state index contributed by atoms with van der Waals surface area (Å²) in [6, 6.07) is 6.45. The SMILES string of the molecule is CN=CCCN(CCC#N)CCN(CCC#N)CCC#N. The van der Waals surface area contributed by atoms with Gasteiger partial charge >= 0.3 is 0 Å². The van der Waals surface area contributed by atoms with Crippen molar-refractivity contribution < 1.29 is 0 Å². The molecule has 0 bridgehead atoms. The molecule has 0 spiro atoms. The van der Waals surface area contributed by atoms with Crippen LogP contribution in [0.4, 0.5) is 0 Å². The van der Waals surface area contributed by atoms with Crippen molar-refractivity contribution in [1.29, 1.82) is 15.8 Å². The summed E-state index contributed by atoms with van der Waals surface area (Å²) in [6.07, 6.45) is 4.22. The van der Waals surface area contributed by atoms with E-state index in [0.717, 1.165) is 32.6 Å². The lowest BCUT2D eigenvalue weighted by Crippen LogP contribution is -2.37. The molecule has 0 atom stereocenters. The van der Waals surface area contributed by atoms with E-state index in [2.05, 4.69) is 33.0 Å². The Hall–Kier alpha value is -1.94. The maximum Gasteiger partial charge on any atom is 0.0635 e. The maximum absolute atomic E-state index is 8.71. The molecule has 6 nitrogen and oxygen atoms in total. The van der Waals surface area contributed by atoms with Crippen LogP contribution in [-0.4, -0.2) is 62.3 Å². The third-order valence-electron chi connectivity index (χ3n) is 3.11. The molecule has 0 aromatic carbocycles. The van der Waals surface area contributed by atoms with E-state index < -0.39 is 0 Å². The molecule has 0 rings (SSSR count). The predicted octanol–water partition coefficient (Wildman–Crippen LogP) is 1.42. The highest BCUT2D eigenvalue weighted by atomic mass is 15.2. The first-order chi connectivity index (χ1) is 10.3. The van der Waals surface area contributed by atoms with E-state index in [-0.39, 0.29) is 0 Å². The Kier molecular flexibility index (Phi) is 13.1. The van der Waals surface area contributed by atoms with E-state index in [4.69, 9.17) is 15.8 Å². The maximum atomic E-state index is 8.71. The molecule has 0 fully saturated rings. The third kappa shape index (κ3) is 11.6. The fraction of sp³-hybridized carbons (Fsp3) is 0.733. The Bertz CT molecular complexity index is 380. The summed E-state index contributed by atoms with van der Waals surface area (Å²) in [5.74, 6) is 0. The number of hydrogen-bond acceptors (Lipinski definition) is 6. The van der Waals surface area contributed by atoms with Gasteiger partial charge in [0, 0.05) is 65.6 Å². The first-order valence-corrected chi connectivity index (χ1v) is 7.24. The zero-order valence-electron chi connectivity index (χ0n) is 12.8. The van der Waals surface area contributed by atoms with Crippen LogP contribution in [-0.2, 0) is 0 Å². The number of nitriles is 3. The highest BCUT2D eigenvalue weighted by Crippen LogP contribution is 1.98. The van der Waals surface area contributed by atoms with Gasteiger partial charge in [-0.15, -0.1) is 0 Å². The molecule has 0 saturated carbocycles. The van der Waals surface area contributed by atoms with E-state index in [0.29, 0.717) is 32.4 Å². The van der Waals surface area contributed by atoms with Crippen molar-refractivity contribution in [2.75, 3.05) is 46.3 Å². The number of rotatable bonds is 12. The van der Waals surface area contributed by atoms with Crippen LogP contribution in [0.2, 0.25) is 0 Å². The Morgan fingerprint density at radius 1 is 0.762 bits per heavy atom. The highest BCUT2D eigenvalue weighted by Gasteiger charge is 2.08. The van der Waals surface area contributed by atoms with Gasteiger partial charge in [-0.25, -0.2) is 0 Å². The van der Waals surface area contributed by atoms with Gasteiger partial charge in [-0.3, -0.25) is 0 Å². The molecule has 0 aliphatic rings. The molecule has 6 heteroatoms. The van der Waals surface area contributed by atoms with E-state index in [1.165, 1.54) is 0 Å². The zero-order chi connectivity index (χ0) is 15.8. The lowest BCUT2D eigenvalue weighted by atomic mass is 10.3. The molecule has 0 N–H and O–H groups in total. The van der Waals surface area contributed by atoms with Gasteiger partial charge in [-0.05, 0) is 12.6 Å². The second-order valence-electron chi connectivity index (χ2n) is 4.64. The Balaban J connectivity index is 4.26. The fourth-order valence-electron chi connectivity index (χ4n) is 1.95. The lowest BCUT2D eigenvalue weighted by Gasteiger charge is -2.26. The fourth-order valence-corrected chi connectivity index (χ4v) is 1.95. The summed E-state index contributed by atoms with van der Waals surface area (Å²) >= 11 is 0. The van der Waals surface area contributed by atoms with E-state index >= 15 is 0 Å². The largest absolute Gasteiger partial charge is 0.301 e. The minimum atomic E-state index is 0.478. The summed E-state index contributed by atoms with van der Waals surface area (Å²) in [7, 11) is 1.76. The molecule has 0 aromatic rings. The van der Waals surface area contributed by atoms with E-state index in [1.54, 1.807) is 7.05 Å². The second kappa shape index (κ2) is 14.5. The first kappa shape index (κ1) is 19.1. The molecule has 0 radical (unpaired) electrons. The Morgan fingerprint density at radius 3 is 1.57 bits per heavy atom. The molecule has 0 saturated heterocycles. The molecule has 0 aliphatic heterocycles. The summed E-state index contributed by atoms with van der Waals surface area (Å²) in [5.41, 5.74) is 0. The number of hydrogen-bond donors (Lipinski definition) is 0. The molecule has 0 unspecified atom stereocenters. The monoisotopic (exact) mass is 288 g/mol. The highest BCUT2D eigenvalue weighted by molar-refractivity contribution is 5.56. The normalized spacial score (nSPS) is 10.7. The van der Waals surface area contributed by atoms with Gasteiger partial charge in [0.05, 0.1) is 18.2 Å². The van der Waals surface area contributed by atoms with Crippen molar-refractivity contribution in [3.8, 4) is 18.2 Å². The smallest absolute Gasteiger partial charge is 0.0635 e. The van der Waals surface area contributed by atoms with Crippen LogP contribution in [0.15, 0.2) is 4.99 Å². The van der Waals surface area contributed by atoms with Crippen LogP contribution in [0.5, 0.6) is 0 Å². The molecule has 0 heterocycles. The number of nitrogens with zero attached hydrogens (tertiary/aromatic N) is 6. The summed E-state index contributed by atoms with van der Waals surface area (Å²) in [6.45, 7) is 4.68. The minimum absolute atomic E-state index is 0.478. The number of aliphatic imine (C=N–C) groups is 1. The standard InChI is InChI=1S/C15H24N6/c1-19-9-5-13-21(12-4-8-18)15-14-20(10-2-6-16)11-3-7-17/h9H,2-5,10-15H2,1H3. The van der Waals surface area contributed by atoms with Gasteiger partial charge in [0.25, 0.3) is 0 Å². The van der Waals surface area contributed by atoms with Crippen LogP contribution in [0.25, 0.3) is 0 Å². The van der Waals surface area contributed by atoms with Crippen LogP contribution in [0, 0.1) is 34.0 Å². The van der Waals surface area contributed by atoms with Crippen LogP contribution < -0.4 is 0 Å². The van der Waals surface area contributed by atoms with Crippen LogP contribution in [0.3, 0.4) is 0 Å². The lowest BCUT2D eigenvalue weighted by molar-refractivity contribution is 0.213. The summed E-state index contributed by atoms with van der Waals surface area (Å²) in [5, 5.41) is 26.1. The van der Waals surface area contributed by atoms with Crippen molar-refractivity contribution in [3.63, 3.8) is 0 Å². The molecule has 0 amide bonds. The van der Waals surface area contributed by atoms with Crippen molar-refractivity contribution in [3.05, 3.63) is 0 Å². The average Bonchev–Trinajstić information content (AvgIpc) is 2.51. The molecule has 0 aromatic heterocycles. The van der Waals surface area contributed by atoms with Crippen molar-refractivity contribution >= 4 is 6.21 Å². The van der Waals surface area contributed by atoms with Crippen molar-refractivity contribution in [2.45, 2.75) is 25.7 Å². The summed E-state index contributed by atoms with van der Waals surface area (Å²) < 4.78 is 0. The van der Waals surface area contributed by atoms with E-state index in [1.807, 2.05) is 6.21 Å². The topological polar surface area (TPSA) is 90.2 Å². The Labute approximate surface area is 127 Å². The summed E-state index contributed by atoms with van der Waals surface area (Å²) in [4.78, 5) is 8.34. The molecule has 0 aliphatic carbocycles. The van der Waals surface area contributed by atoms with Gasteiger partial charge in [0.2, 0.25) is 0 Å². The Morgan fingerprint density at radius 2 is 1.19 bits per heavy atom. The predicted molar refractivity (Wildman–Crippen MR) is 82.6 cm³/mol. The molecule has 114 valence electrons. The zero-order valence-corrected chi connectivity index (χ0v) is 12.8. The second-order valence-corrected chi connectivity index (χ2v) is 4.64. The van der Waals surface area contributed by atoms with Gasteiger partial charge in [-0.1, -0.05) is 0 Å². The van der Waals surface area contributed by atoms with Gasteiger partial charge < -0.3 is 14.8 Å². The van der Waals surface area contributed by atoms with E-state index in [9.17, 15) is 0 Å². The molecular formula is C15H24N6. The van der Waals surface area contributed by atoms with Crippen LogP contribution >= 0.6 is 0 Å². The third-order valence-corrected chi connectivity index (χ3v) is 3.11.